The van der Waals surface area contributed by atoms with Crippen LogP contribution in [0.25, 0.3) is 0 Å². The standard InChI is InChI=1S/C12H19NO3/c14-10-9-11(5-6-13-10)1-3-12(4-2-11)15-7-8-16-12/h1-9H2,(H,13,14). The highest BCUT2D eigenvalue weighted by atomic mass is 16.7. The van der Waals surface area contributed by atoms with Crippen molar-refractivity contribution in [1.82, 2.24) is 5.32 Å². The second kappa shape index (κ2) is 3.70. The average molecular weight is 225 g/mol. The molecule has 3 aliphatic rings. The van der Waals surface area contributed by atoms with E-state index in [9.17, 15) is 4.79 Å². The molecule has 0 bridgehead atoms. The van der Waals surface area contributed by atoms with Crippen LogP contribution in [0, 0.1) is 5.41 Å². The third kappa shape index (κ3) is 1.74. The molecule has 0 radical (unpaired) electrons. The molecule has 0 aromatic carbocycles. The summed E-state index contributed by atoms with van der Waals surface area (Å²) in [6.07, 6.45) is 5.87. The molecule has 2 heterocycles. The minimum Gasteiger partial charge on any atom is -0.356 e. The Labute approximate surface area is 95.7 Å². The minimum atomic E-state index is -0.292. The summed E-state index contributed by atoms with van der Waals surface area (Å²) in [6, 6.07) is 0. The number of carbonyl (C=O) groups excluding carboxylic acids is 1. The molecule has 2 saturated heterocycles. The molecule has 4 heteroatoms. The van der Waals surface area contributed by atoms with E-state index < -0.39 is 0 Å². The zero-order valence-electron chi connectivity index (χ0n) is 9.59. The van der Waals surface area contributed by atoms with E-state index in [0.29, 0.717) is 6.42 Å². The van der Waals surface area contributed by atoms with Gasteiger partial charge in [-0.05, 0) is 24.7 Å². The van der Waals surface area contributed by atoms with Crippen LogP contribution >= 0.6 is 0 Å². The Hall–Kier alpha value is -0.610. The van der Waals surface area contributed by atoms with Crippen molar-refractivity contribution >= 4 is 5.91 Å². The van der Waals surface area contributed by atoms with Crippen molar-refractivity contribution < 1.29 is 14.3 Å². The molecule has 1 N–H and O–H groups in total. The Balaban J connectivity index is 1.66. The largest absolute Gasteiger partial charge is 0.356 e. The average Bonchev–Trinajstić information content (AvgIpc) is 2.73. The summed E-state index contributed by atoms with van der Waals surface area (Å²) in [5.41, 5.74) is 0.239. The molecule has 1 aliphatic carbocycles. The van der Waals surface area contributed by atoms with Crippen LogP contribution in [0.3, 0.4) is 0 Å². The number of piperidine rings is 1. The highest BCUT2D eigenvalue weighted by molar-refractivity contribution is 5.77. The second-order valence-electron chi connectivity index (χ2n) is 5.38. The topological polar surface area (TPSA) is 47.6 Å². The van der Waals surface area contributed by atoms with Crippen LogP contribution in [0.4, 0.5) is 0 Å². The molecule has 90 valence electrons. The first kappa shape index (κ1) is 10.5. The van der Waals surface area contributed by atoms with Crippen LogP contribution in [0.15, 0.2) is 0 Å². The van der Waals surface area contributed by atoms with Crippen LogP contribution in [-0.2, 0) is 14.3 Å². The maximum Gasteiger partial charge on any atom is 0.220 e. The molecule has 0 atom stereocenters. The van der Waals surface area contributed by atoms with Gasteiger partial charge < -0.3 is 14.8 Å². The fraction of sp³-hybridized carbons (Fsp3) is 0.917. The first-order valence-corrected chi connectivity index (χ1v) is 6.27. The van der Waals surface area contributed by atoms with Crippen molar-refractivity contribution in [3.63, 3.8) is 0 Å². The van der Waals surface area contributed by atoms with Gasteiger partial charge in [0.05, 0.1) is 13.2 Å². The molecule has 1 amide bonds. The second-order valence-corrected chi connectivity index (χ2v) is 5.38. The molecule has 3 fully saturated rings. The van der Waals surface area contributed by atoms with Gasteiger partial charge in [0.2, 0.25) is 5.91 Å². The molecule has 3 rings (SSSR count). The monoisotopic (exact) mass is 225 g/mol. The van der Waals surface area contributed by atoms with Crippen LogP contribution in [0.2, 0.25) is 0 Å². The molecule has 1 saturated carbocycles. The summed E-state index contributed by atoms with van der Waals surface area (Å²) >= 11 is 0. The van der Waals surface area contributed by atoms with Crippen LogP contribution < -0.4 is 5.32 Å². The van der Waals surface area contributed by atoms with Crippen molar-refractivity contribution in [1.29, 1.82) is 0 Å². The van der Waals surface area contributed by atoms with Gasteiger partial charge in [-0.1, -0.05) is 0 Å². The predicted molar refractivity (Wildman–Crippen MR) is 57.8 cm³/mol. The van der Waals surface area contributed by atoms with Crippen molar-refractivity contribution in [2.75, 3.05) is 19.8 Å². The number of ether oxygens (including phenoxy) is 2. The lowest BCUT2D eigenvalue weighted by molar-refractivity contribution is -0.194. The van der Waals surface area contributed by atoms with Gasteiger partial charge in [-0.15, -0.1) is 0 Å². The number of hydrogen-bond donors (Lipinski definition) is 1. The zero-order valence-corrected chi connectivity index (χ0v) is 9.59. The Morgan fingerprint density at radius 2 is 1.69 bits per heavy atom. The lowest BCUT2D eigenvalue weighted by atomic mass is 9.66. The molecule has 0 aromatic rings. The summed E-state index contributed by atoms with van der Waals surface area (Å²) in [5.74, 6) is -0.0745. The zero-order chi connectivity index (χ0) is 11.1. The van der Waals surface area contributed by atoms with Crippen molar-refractivity contribution in [2.45, 2.75) is 44.3 Å². The van der Waals surface area contributed by atoms with Gasteiger partial charge in [0.25, 0.3) is 0 Å². The summed E-state index contributed by atoms with van der Waals surface area (Å²) in [7, 11) is 0. The number of nitrogens with one attached hydrogen (secondary N) is 1. The van der Waals surface area contributed by atoms with Gasteiger partial charge in [0.15, 0.2) is 5.79 Å². The molecule has 2 spiro atoms. The van der Waals surface area contributed by atoms with Crippen LogP contribution in [0.1, 0.15) is 38.5 Å². The van der Waals surface area contributed by atoms with Crippen molar-refractivity contribution in [3.05, 3.63) is 0 Å². The molecule has 16 heavy (non-hydrogen) atoms. The lowest BCUT2D eigenvalue weighted by Crippen LogP contribution is -2.46. The predicted octanol–water partition coefficient (Wildman–Crippen LogP) is 1.20. The van der Waals surface area contributed by atoms with Gasteiger partial charge in [0.1, 0.15) is 0 Å². The number of carbonyl (C=O) groups is 1. The third-order valence-electron chi connectivity index (χ3n) is 4.40. The molecular weight excluding hydrogens is 206 g/mol. The van der Waals surface area contributed by atoms with Gasteiger partial charge in [-0.25, -0.2) is 0 Å². The van der Waals surface area contributed by atoms with E-state index in [1.165, 1.54) is 0 Å². The maximum absolute atomic E-state index is 11.5. The van der Waals surface area contributed by atoms with Gasteiger partial charge in [-0.3, -0.25) is 4.79 Å². The Bertz CT molecular complexity index is 287. The number of rotatable bonds is 0. The number of hydrogen-bond acceptors (Lipinski definition) is 3. The van der Waals surface area contributed by atoms with Gasteiger partial charge >= 0.3 is 0 Å². The SMILES string of the molecule is O=C1CC2(CCN1)CCC1(CC2)OCCO1. The molecule has 2 aliphatic heterocycles. The van der Waals surface area contributed by atoms with Gasteiger partial charge in [-0.2, -0.15) is 0 Å². The first-order chi connectivity index (χ1) is 7.72. The highest BCUT2D eigenvalue weighted by Crippen LogP contribution is 2.49. The summed E-state index contributed by atoms with van der Waals surface area (Å²) in [5, 5.41) is 2.91. The maximum atomic E-state index is 11.5. The van der Waals surface area contributed by atoms with E-state index in [0.717, 1.165) is 51.9 Å². The van der Waals surface area contributed by atoms with E-state index in [-0.39, 0.29) is 17.1 Å². The van der Waals surface area contributed by atoms with Crippen molar-refractivity contribution in [2.24, 2.45) is 5.41 Å². The fourth-order valence-corrected chi connectivity index (χ4v) is 3.33. The van der Waals surface area contributed by atoms with Crippen LogP contribution in [0.5, 0.6) is 0 Å². The van der Waals surface area contributed by atoms with Gasteiger partial charge in [0, 0.05) is 25.8 Å². The summed E-state index contributed by atoms with van der Waals surface area (Å²) < 4.78 is 11.4. The molecule has 0 aromatic heterocycles. The van der Waals surface area contributed by atoms with Crippen molar-refractivity contribution in [3.8, 4) is 0 Å². The minimum absolute atomic E-state index is 0.218. The Kier molecular flexibility index (Phi) is 2.44. The van der Waals surface area contributed by atoms with Crippen LogP contribution in [-0.4, -0.2) is 31.5 Å². The number of amides is 1. The Morgan fingerprint density at radius 1 is 1.00 bits per heavy atom. The van der Waals surface area contributed by atoms with E-state index >= 15 is 0 Å². The molecule has 4 nitrogen and oxygen atoms in total. The third-order valence-corrected chi connectivity index (χ3v) is 4.40. The Morgan fingerprint density at radius 3 is 2.31 bits per heavy atom. The molecular formula is C12H19NO3. The lowest BCUT2D eigenvalue weighted by Gasteiger charge is -2.45. The summed E-state index contributed by atoms with van der Waals surface area (Å²) in [6.45, 7) is 2.30. The normalized spacial score (nSPS) is 31.9. The van der Waals surface area contributed by atoms with E-state index in [2.05, 4.69) is 5.32 Å². The quantitative estimate of drug-likeness (QED) is 0.674. The highest BCUT2D eigenvalue weighted by Gasteiger charge is 2.47. The molecule has 0 unspecified atom stereocenters. The van der Waals surface area contributed by atoms with E-state index in [4.69, 9.17) is 9.47 Å². The van der Waals surface area contributed by atoms with E-state index in [1.807, 2.05) is 0 Å². The summed E-state index contributed by atoms with van der Waals surface area (Å²) in [4.78, 5) is 11.5. The smallest absolute Gasteiger partial charge is 0.220 e. The van der Waals surface area contributed by atoms with E-state index in [1.54, 1.807) is 0 Å². The first-order valence-electron chi connectivity index (χ1n) is 6.27. The fourth-order valence-electron chi connectivity index (χ4n) is 3.33.